The van der Waals surface area contributed by atoms with E-state index in [1.54, 1.807) is 11.4 Å². The largest absolute Gasteiger partial charge is 0.478 e. The van der Waals surface area contributed by atoms with Crippen molar-refractivity contribution in [1.82, 2.24) is 5.32 Å². The first-order chi connectivity index (χ1) is 8.22. The van der Waals surface area contributed by atoms with E-state index in [0.717, 1.165) is 24.3 Å². The van der Waals surface area contributed by atoms with Crippen molar-refractivity contribution in [2.24, 2.45) is 0 Å². The van der Waals surface area contributed by atoms with Gasteiger partial charge in [0.1, 0.15) is 0 Å². The maximum atomic E-state index is 10.7. The van der Waals surface area contributed by atoms with Crippen LogP contribution in [0.25, 0.3) is 0 Å². The number of fused-ring (bicyclic) bond motifs is 2. The molecule has 3 heterocycles. The Balaban J connectivity index is 1.55. The van der Waals surface area contributed by atoms with E-state index in [1.165, 1.54) is 17.8 Å². The Hall–Kier alpha value is -0.910. The van der Waals surface area contributed by atoms with Gasteiger partial charge in [0.25, 0.3) is 0 Å². The predicted octanol–water partition coefficient (Wildman–Crippen LogP) is 1.86. The van der Waals surface area contributed by atoms with Gasteiger partial charge in [0, 0.05) is 22.8 Å². The van der Waals surface area contributed by atoms with Crippen LogP contribution < -0.4 is 5.32 Å². The quantitative estimate of drug-likeness (QED) is 0.860. The van der Waals surface area contributed by atoms with Crippen LogP contribution >= 0.6 is 11.3 Å². The summed E-state index contributed by atoms with van der Waals surface area (Å²) in [5, 5.41) is 14.0. The molecule has 2 aliphatic rings. The maximum absolute atomic E-state index is 10.7. The number of carboxylic acids is 1. The van der Waals surface area contributed by atoms with Gasteiger partial charge in [-0.2, -0.15) is 0 Å². The van der Waals surface area contributed by atoms with E-state index in [-0.39, 0.29) is 0 Å². The van der Waals surface area contributed by atoms with Gasteiger partial charge in [-0.25, -0.2) is 4.79 Å². The minimum Gasteiger partial charge on any atom is -0.478 e. The molecule has 2 bridgehead atoms. The molecular formula is C12H15NO3S. The summed E-state index contributed by atoms with van der Waals surface area (Å²) in [4.78, 5) is 11.8. The van der Waals surface area contributed by atoms with E-state index in [2.05, 4.69) is 5.32 Å². The first-order valence-corrected chi connectivity index (χ1v) is 6.80. The van der Waals surface area contributed by atoms with Crippen molar-refractivity contribution in [3.8, 4) is 0 Å². The highest BCUT2D eigenvalue weighted by Crippen LogP contribution is 2.34. The molecule has 0 saturated carbocycles. The standard InChI is InChI=1S/C12H15NO3S/c14-12(15)7-3-9(17-6-7)5-13-10-4-8-1-2-11(10)16-8/h3,6,8,10-11,13H,1-2,4-5H2,(H,14,15). The topological polar surface area (TPSA) is 58.6 Å². The zero-order valence-corrected chi connectivity index (χ0v) is 10.2. The number of carbonyl (C=O) groups is 1. The number of rotatable bonds is 4. The molecule has 1 aromatic rings. The average molecular weight is 253 g/mol. The van der Waals surface area contributed by atoms with Crippen LogP contribution in [0.5, 0.6) is 0 Å². The summed E-state index contributed by atoms with van der Waals surface area (Å²) >= 11 is 1.50. The van der Waals surface area contributed by atoms with E-state index in [9.17, 15) is 4.79 Å². The number of thiophene rings is 1. The first kappa shape index (κ1) is 11.2. The lowest BCUT2D eigenvalue weighted by Gasteiger charge is -2.19. The Labute approximate surface area is 104 Å². The molecule has 5 heteroatoms. The zero-order valence-electron chi connectivity index (χ0n) is 9.39. The van der Waals surface area contributed by atoms with Crippen LogP contribution in [-0.4, -0.2) is 29.3 Å². The Morgan fingerprint density at radius 1 is 1.59 bits per heavy atom. The molecule has 0 spiro atoms. The number of carboxylic acid groups (broad SMARTS) is 1. The fourth-order valence-corrected chi connectivity index (χ4v) is 3.48. The number of ether oxygens (including phenoxy) is 1. The van der Waals surface area contributed by atoms with Crippen LogP contribution in [0.4, 0.5) is 0 Å². The summed E-state index contributed by atoms with van der Waals surface area (Å²) in [7, 11) is 0. The maximum Gasteiger partial charge on any atom is 0.336 e. The lowest BCUT2D eigenvalue weighted by Crippen LogP contribution is -2.36. The monoisotopic (exact) mass is 253 g/mol. The minimum absolute atomic E-state index is 0.374. The van der Waals surface area contributed by atoms with Gasteiger partial charge in [-0.3, -0.25) is 0 Å². The van der Waals surface area contributed by atoms with E-state index >= 15 is 0 Å². The van der Waals surface area contributed by atoms with Crippen molar-refractivity contribution in [3.63, 3.8) is 0 Å². The van der Waals surface area contributed by atoms with Crippen LogP contribution in [0, 0.1) is 0 Å². The molecule has 2 saturated heterocycles. The van der Waals surface area contributed by atoms with Gasteiger partial charge in [0.05, 0.1) is 17.8 Å². The van der Waals surface area contributed by atoms with Crippen LogP contribution in [-0.2, 0) is 11.3 Å². The molecular weight excluding hydrogens is 238 g/mol. The fourth-order valence-electron chi connectivity index (χ4n) is 2.67. The normalized spacial score (nSPS) is 30.9. The lowest BCUT2D eigenvalue weighted by molar-refractivity contribution is 0.0697. The highest BCUT2D eigenvalue weighted by atomic mass is 32.1. The Morgan fingerprint density at radius 2 is 2.47 bits per heavy atom. The third kappa shape index (κ3) is 2.22. The third-order valence-corrected chi connectivity index (χ3v) is 4.48. The molecule has 17 heavy (non-hydrogen) atoms. The van der Waals surface area contributed by atoms with E-state index in [0.29, 0.717) is 23.8 Å². The summed E-state index contributed by atoms with van der Waals surface area (Å²) in [5.41, 5.74) is 0.385. The minimum atomic E-state index is -0.851. The summed E-state index contributed by atoms with van der Waals surface area (Å²) in [6, 6.07) is 2.19. The first-order valence-electron chi connectivity index (χ1n) is 5.92. The van der Waals surface area contributed by atoms with Crippen molar-refractivity contribution >= 4 is 17.3 Å². The highest BCUT2D eigenvalue weighted by molar-refractivity contribution is 7.10. The second kappa shape index (κ2) is 4.40. The fraction of sp³-hybridized carbons (Fsp3) is 0.583. The molecule has 2 fully saturated rings. The number of hydrogen-bond donors (Lipinski definition) is 2. The van der Waals surface area contributed by atoms with Crippen molar-refractivity contribution in [2.45, 2.75) is 44.1 Å². The Kier molecular flexibility index (Phi) is 2.90. The summed E-state index contributed by atoms with van der Waals surface area (Å²) < 4.78 is 5.76. The molecule has 0 radical (unpaired) electrons. The van der Waals surface area contributed by atoms with Crippen LogP contribution in [0.3, 0.4) is 0 Å². The Bertz CT molecular complexity index is 431. The van der Waals surface area contributed by atoms with Crippen molar-refractivity contribution < 1.29 is 14.6 Å². The van der Waals surface area contributed by atoms with Crippen LogP contribution in [0.1, 0.15) is 34.5 Å². The molecule has 0 aliphatic carbocycles. The Morgan fingerprint density at radius 3 is 3.06 bits per heavy atom. The summed E-state index contributed by atoms with van der Waals surface area (Å²) in [6.45, 7) is 0.745. The number of hydrogen-bond acceptors (Lipinski definition) is 4. The van der Waals surface area contributed by atoms with Crippen molar-refractivity contribution in [3.05, 3.63) is 21.9 Å². The summed E-state index contributed by atoms with van der Waals surface area (Å²) in [5.74, 6) is -0.851. The van der Waals surface area contributed by atoms with Crippen LogP contribution in [0.15, 0.2) is 11.4 Å². The molecule has 1 aromatic heterocycles. The molecule has 92 valence electrons. The van der Waals surface area contributed by atoms with Gasteiger partial charge < -0.3 is 15.2 Å². The second-order valence-electron chi connectivity index (χ2n) is 4.70. The molecule has 3 atom stereocenters. The zero-order chi connectivity index (χ0) is 11.8. The molecule has 2 N–H and O–H groups in total. The second-order valence-corrected chi connectivity index (χ2v) is 5.70. The van der Waals surface area contributed by atoms with Gasteiger partial charge in [-0.05, 0) is 25.3 Å². The predicted molar refractivity (Wildman–Crippen MR) is 64.4 cm³/mol. The number of aromatic carboxylic acids is 1. The highest BCUT2D eigenvalue weighted by Gasteiger charge is 2.40. The molecule has 3 rings (SSSR count). The third-order valence-electron chi connectivity index (χ3n) is 3.55. The molecule has 3 unspecified atom stereocenters. The van der Waals surface area contributed by atoms with Gasteiger partial charge in [0.15, 0.2) is 0 Å². The van der Waals surface area contributed by atoms with Gasteiger partial charge in [-0.1, -0.05) is 0 Å². The average Bonchev–Trinajstić information content (AvgIpc) is 3.02. The van der Waals surface area contributed by atoms with Crippen LogP contribution in [0.2, 0.25) is 0 Å². The molecule has 0 aromatic carbocycles. The van der Waals surface area contributed by atoms with E-state index < -0.39 is 5.97 Å². The van der Waals surface area contributed by atoms with Gasteiger partial charge in [0.2, 0.25) is 0 Å². The summed E-state index contributed by atoms with van der Waals surface area (Å²) in [6.07, 6.45) is 4.29. The SMILES string of the molecule is O=C(O)c1csc(CNC2CC3CCC2O3)c1. The van der Waals surface area contributed by atoms with Gasteiger partial charge >= 0.3 is 5.97 Å². The molecule has 0 amide bonds. The van der Waals surface area contributed by atoms with E-state index in [4.69, 9.17) is 9.84 Å². The lowest BCUT2D eigenvalue weighted by atomic mass is 9.95. The van der Waals surface area contributed by atoms with Crippen molar-refractivity contribution in [1.29, 1.82) is 0 Å². The van der Waals surface area contributed by atoms with Crippen molar-refractivity contribution in [2.75, 3.05) is 0 Å². The smallest absolute Gasteiger partial charge is 0.336 e. The molecule has 4 nitrogen and oxygen atoms in total. The number of nitrogens with one attached hydrogen (secondary N) is 1. The molecule has 2 aliphatic heterocycles. The van der Waals surface area contributed by atoms with Gasteiger partial charge in [-0.15, -0.1) is 11.3 Å². The van der Waals surface area contributed by atoms with E-state index in [1.807, 2.05) is 0 Å².